The van der Waals surface area contributed by atoms with Gasteiger partial charge in [-0.1, -0.05) is 72.6 Å². The van der Waals surface area contributed by atoms with E-state index in [9.17, 15) is 9.59 Å². The molecule has 5 atom stereocenters. The molecule has 0 spiro atoms. The molecule has 1 N–H and O–H groups in total. The minimum Gasteiger partial charge on any atom is -0.487 e. The maximum absolute atomic E-state index is 12.6. The van der Waals surface area contributed by atoms with Gasteiger partial charge in [0, 0.05) is 0 Å². The average molecular weight is 633 g/mol. The van der Waals surface area contributed by atoms with Gasteiger partial charge in [0.1, 0.15) is 23.2 Å². The predicted molar refractivity (Wildman–Crippen MR) is 181 cm³/mol. The van der Waals surface area contributed by atoms with Gasteiger partial charge in [0.05, 0.1) is 32.2 Å². The first-order valence-electron chi connectivity index (χ1n) is 17.7. The summed E-state index contributed by atoms with van der Waals surface area (Å²) in [7, 11) is 0. The van der Waals surface area contributed by atoms with Gasteiger partial charge in [-0.3, -0.25) is 9.59 Å². The third-order valence-electron chi connectivity index (χ3n) is 9.38. The average Bonchev–Trinajstić information content (AvgIpc) is 2.97. The summed E-state index contributed by atoms with van der Waals surface area (Å²) in [6.45, 7) is 19.2. The number of hydrogen-bond acceptors (Lipinski definition) is 7. The van der Waals surface area contributed by atoms with Gasteiger partial charge >= 0.3 is 11.9 Å². The van der Waals surface area contributed by atoms with E-state index >= 15 is 0 Å². The normalized spacial score (nSPS) is 18.9. The summed E-state index contributed by atoms with van der Waals surface area (Å²) >= 11 is 0. The highest BCUT2D eigenvalue weighted by Gasteiger charge is 2.33. The minimum atomic E-state index is -0.484. The first kappa shape index (κ1) is 39.1. The van der Waals surface area contributed by atoms with E-state index in [0.29, 0.717) is 5.75 Å². The standard InChI is InChI=1S/C38H64O7/c1-26(2)13-10-14-27(3)15-11-16-28(4)17-12-21-38(9)22-20-33-23-34(31(7)32(8)37(33)45-38)44-36(41)19-18-35(40)43-30(6)25-42-29(5)24-39/h23,26-30,39H,10-22,24-25H2,1-9H3/t27?,28?,29?,30?,38-/m1/s1. The Kier molecular flexibility index (Phi) is 16.9. The Morgan fingerprint density at radius 2 is 1.47 bits per heavy atom. The second-order valence-electron chi connectivity index (χ2n) is 14.6. The maximum atomic E-state index is 12.6. The van der Waals surface area contributed by atoms with Crippen LogP contribution < -0.4 is 9.47 Å². The highest BCUT2D eigenvalue weighted by Crippen LogP contribution is 2.42. The fourth-order valence-electron chi connectivity index (χ4n) is 6.08. The fraction of sp³-hybridized carbons (Fsp3) is 0.789. The van der Waals surface area contributed by atoms with Crippen molar-refractivity contribution < 1.29 is 33.6 Å². The van der Waals surface area contributed by atoms with Gasteiger partial charge in [0.25, 0.3) is 0 Å². The minimum absolute atomic E-state index is 0.0701. The largest absolute Gasteiger partial charge is 0.487 e. The molecule has 1 aliphatic heterocycles. The molecular weight excluding hydrogens is 568 g/mol. The second-order valence-corrected chi connectivity index (χ2v) is 14.6. The van der Waals surface area contributed by atoms with Crippen molar-refractivity contribution in [3.8, 4) is 11.5 Å². The lowest BCUT2D eigenvalue weighted by Crippen LogP contribution is -2.36. The zero-order valence-corrected chi connectivity index (χ0v) is 30.0. The number of fused-ring (bicyclic) bond motifs is 1. The molecule has 0 saturated heterocycles. The van der Waals surface area contributed by atoms with Crippen LogP contribution in [0.4, 0.5) is 0 Å². The summed E-state index contributed by atoms with van der Waals surface area (Å²) in [6, 6.07) is 1.93. The Morgan fingerprint density at radius 3 is 2.09 bits per heavy atom. The maximum Gasteiger partial charge on any atom is 0.311 e. The monoisotopic (exact) mass is 632 g/mol. The summed E-state index contributed by atoms with van der Waals surface area (Å²) in [5, 5.41) is 9.04. The smallest absolute Gasteiger partial charge is 0.311 e. The Balaban J connectivity index is 1.79. The van der Waals surface area contributed by atoms with Crippen LogP contribution in [0, 0.1) is 31.6 Å². The molecule has 0 saturated carbocycles. The Labute approximate surface area is 274 Å². The molecule has 1 aromatic carbocycles. The van der Waals surface area contributed by atoms with Gasteiger partial charge in [0.15, 0.2) is 0 Å². The van der Waals surface area contributed by atoms with Crippen LogP contribution in [0.15, 0.2) is 6.07 Å². The van der Waals surface area contributed by atoms with Crippen LogP contribution in [-0.4, -0.2) is 48.1 Å². The van der Waals surface area contributed by atoms with Gasteiger partial charge in [-0.05, 0) is 101 Å². The Morgan fingerprint density at radius 1 is 0.867 bits per heavy atom. The molecule has 0 aliphatic carbocycles. The molecule has 7 nitrogen and oxygen atoms in total. The van der Waals surface area contributed by atoms with Crippen LogP contribution in [0.2, 0.25) is 0 Å². The topological polar surface area (TPSA) is 91.3 Å². The molecule has 7 heteroatoms. The van der Waals surface area contributed by atoms with Crippen LogP contribution in [0.3, 0.4) is 0 Å². The zero-order chi connectivity index (χ0) is 33.6. The van der Waals surface area contributed by atoms with Crippen molar-refractivity contribution in [2.45, 2.75) is 164 Å². The quantitative estimate of drug-likeness (QED) is 0.107. The van der Waals surface area contributed by atoms with Gasteiger partial charge in [0.2, 0.25) is 0 Å². The lowest BCUT2D eigenvalue weighted by atomic mass is 9.85. The fourth-order valence-corrected chi connectivity index (χ4v) is 6.08. The SMILES string of the molecule is Cc1c(OC(=O)CCC(=O)OC(C)COC(C)CO)cc2c(c1C)O[C@](C)(CCCC(C)CCCC(C)CCCC(C)C)CC2. The van der Waals surface area contributed by atoms with Gasteiger partial charge in [-0.2, -0.15) is 0 Å². The Bertz CT molecular complexity index is 1050. The number of rotatable bonds is 21. The van der Waals surface area contributed by atoms with E-state index in [0.717, 1.165) is 59.5 Å². The highest BCUT2D eigenvalue weighted by atomic mass is 16.6. The third-order valence-corrected chi connectivity index (χ3v) is 9.38. The number of aliphatic hydroxyl groups is 1. The number of benzene rings is 1. The molecule has 2 rings (SSSR count). The molecule has 4 unspecified atom stereocenters. The predicted octanol–water partition coefficient (Wildman–Crippen LogP) is 8.84. The van der Waals surface area contributed by atoms with E-state index in [2.05, 4.69) is 34.6 Å². The van der Waals surface area contributed by atoms with Crippen molar-refractivity contribution in [3.63, 3.8) is 0 Å². The van der Waals surface area contributed by atoms with E-state index in [1.807, 2.05) is 19.9 Å². The molecule has 1 heterocycles. The molecule has 1 aromatic rings. The van der Waals surface area contributed by atoms with Gasteiger partial charge < -0.3 is 24.1 Å². The van der Waals surface area contributed by atoms with Gasteiger partial charge in [-0.15, -0.1) is 0 Å². The van der Waals surface area contributed by atoms with Crippen LogP contribution >= 0.6 is 0 Å². The molecule has 1 aliphatic rings. The van der Waals surface area contributed by atoms with Crippen LogP contribution in [-0.2, 0) is 25.5 Å². The Hall–Kier alpha value is -2.12. The summed E-state index contributed by atoms with van der Waals surface area (Å²) in [4.78, 5) is 24.8. The van der Waals surface area contributed by atoms with Crippen molar-refractivity contribution in [3.05, 3.63) is 22.8 Å². The number of ether oxygens (including phenoxy) is 4. The second kappa shape index (κ2) is 19.5. The van der Waals surface area contributed by atoms with E-state index in [-0.39, 0.29) is 37.8 Å². The first-order chi connectivity index (χ1) is 21.2. The lowest BCUT2D eigenvalue weighted by molar-refractivity contribution is -0.154. The molecular formula is C38H64O7. The number of hydrogen-bond donors (Lipinski definition) is 1. The van der Waals surface area contributed by atoms with Crippen LogP contribution in [0.1, 0.15) is 142 Å². The summed E-state index contributed by atoms with van der Waals surface area (Å²) in [5.74, 6) is 2.90. The number of aliphatic hydroxyl groups excluding tert-OH is 1. The number of esters is 2. The van der Waals surface area contributed by atoms with Crippen molar-refractivity contribution in [2.75, 3.05) is 13.2 Å². The zero-order valence-electron chi connectivity index (χ0n) is 30.0. The van der Waals surface area contributed by atoms with E-state index < -0.39 is 18.0 Å². The molecule has 0 radical (unpaired) electrons. The summed E-state index contributed by atoms with van der Waals surface area (Å²) in [5.41, 5.74) is 2.76. The highest BCUT2D eigenvalue weighted by molar-refractivity contribution is 5.79. The van der Waals surface area contributed by atoms with Crippen LogP contribution in [0.5, 0.6) is 11.5 Å². The third kappa shape index (κ3) is 14.5. The number of carbonyl (C=O) groups is 2. The summed E-state index contributed by atoms with van der Waals surface area (Å²) in [6.07, 6.45) is 12.4. The van der Waals surface area contributed by atoms with E-state index in [1.165, 1.54) is 51.4 Å². The molecule has 0 aromatic heterocycles. The van der Waals surface area contributed by atoms with E-state index in [4.69, 9.17) is 24.1 Å². The first-order valence-corrected chi connectivity index (χ1v) is 17.7. The van der Waals surface area contributed by atoms with E-state index in [1.54, 1.807) is 13.8 Å². The molecule has 45 heavy (non-hydrogen) atoms. The molecule has 0 fully saturated rings. The molecule has 258 valence electrons. The van der Waals surface area contributed by atoms with Crippen molar-refractivity contribution in [1.82, 2.24) is 0 Å². The molecule has 0 bridgehead atoms. The number of aryl methyl sites for hydroxylation is 1. The summed E-state index contributed by atoms with van der Waals surface area (Å²) < 4.78 is 23.0. The van der Waals surface area contributed by atoms with Crippen molar-refractivity contribution in [2.24, 2.45) is 17.8 Å². The van der Waals surface area contributed by atoms with Gasteiger partial charge in [-0.25, -0.2) is 0 Å². The lowest BCUT2D eigenvalue weighted by Gasteiger charge is -2.37. The molecule has 0 amide bonds. The van der Waals surface area contributed by atoms with Crippen molar-refractivity contribution in [1.29, 1.82) is 0 Å². The van der Waals surface area contributed by atoms with Crippen molar-refractivity contribution >= 4 is 11.9 Å². The van der Waals surface area contributed by atoms with Crippen LogP contribution in [0.25, 0.3) is 0 Å². The number of carbonyl (C=O) groups excluding carboxylic acids is 2.